The van der Waals surface area contributed by atoms with Crippen molar-refractivity contribution in [2.24, 2.45) is 0 Å². The highest BCUT2D eigenvalue weighted by molar-refractivity contribution is 5.95. The van der Waals surface area contributed by atoms with E-state index in [9.17, 15) is 9.59 Å². The molecule has 4 heteroatoms. The minimum absolute atomic E-state index is 0.172. The first kappa shape index (κ1) is 13.0. The predicted octanol–water partition coefficient (Wildman–Crippen LogP) is 2.08. The van der Waals surface area contributed by atoms with Crippen LogP contribution in [0.2, 0.25) is 0 Å². The number of aromatic carboxylic acids is 1. The Morgan fingerprint density at radius 3 is 2.18 bits per heavy atom. The van der Waals surface area contributed by atoms with E-state index in [1.807, 2.05) is 19.9 Å². The zero-order chi connectivity index (χ0) is 12.8. The second kappa shape index (κ2) is 5.84. The van der Waals surface area contributed by atoms with E-state index in [2.05, 4.69) is 5.32 Å². The Hall–Kier alpha value is -2.10. The number of carboxylic acids is 1. The molecule has 0 aromatic heterocycles. The van der Waals surface area contributed by atoms with Crippen molar-refractivity contribution in [2.45, 2.75) is 13.8 Å². The van der Waals surface area contributed by atoms with Crippen LogP contribution in [0.1, 0.15) is 34.6 Å². The number of rotatable bonds is 4. The topological polar surface area (TPSA) is 66.4 Å². The van der Waals surface area contributed by atoms with Crippen molar-refractivity contribution >= 4 is 11.9 Å². The van der Waals surface area contributed by atoms with Gasteiger partial charge in [0.1, 0.15) is 0 Å². The molecule has 0 saturated heterocycles. The van der Waals surface area contributed by atoms with Crippen molar-refractivity contribution in [1.29, 1.82) is 0 Å². The van der Waals surface area contributed by atoms with Gasteiger partial charge in [0.15, 0.2) is 0 Å². The van der Waals surface area contributed by atoms with Crippen molar-refractivity contribution in [1.82, 2.24) is 5.32 Å². The van der Waals surface area contributed by atoms with E-state index in [0.717, 1.165) is 5.57 Å². The van der Waals surface area contributed by atoms with Crippen LogP contribution in [0.15, 0.2) is 35.9 Å². The first-order valence-corrected chi connectivity index (χ1v) is 5.25. The van der Waals surface area contributed by atoms with Gasteiger partial charge in [0.2, 0.25) is 0 Å². The third-order valence-corrected chi connectivity index (χ3v) is 2.17. The first-order valence-electron chi connectivity index (χ1n) is 5.25. The summed E-state index contributed by atoms with van der Waals surface area (Å²) in [6, 6.07) is 5.83. The summed E-state index contributed by atoms with van der Waals surface area (Å²) in [5, 5.41) is 11.4. The maximum Gasteiger partial charge on any atom is 0.335 e. The fourth-order valence-electron chi connectivity index (χ4n) is 1.21. The van der Waals surface area contributed by atoms with Crippen LogP contribution in [0.4, 0.5) is 0 Å². The van der Waals surface area contributed by atoms with Gasteiger partial charge in [0.25, 0.3) is 5.91 Å². The fourth-order valence-corrected chi connectivity index (χ4v) is 1.21. The summed E-state index contributed by atoms with van der Waals surface area (Å²) in [5.41, 5.74) is 1.76. The molecule has 1 aromatic rings. The minimum Gasteiger partial charge on any atom is -0.478 e. The molecule has 1 rings (SSSR count). The van der Waals surface area contributed by atoms with Crippen LogP contribution < -0.4 is 5.32 Å². The van der Waals surface area contributed by atoms with Crippen LogP contribution in [0.5, 0.6) is 0 Å². The molecule has 0 unspecified atom stereocenters. The Morgan fingerprint density at radius 1 is 1.18 bits per heavy atom. The molecule has 0 aliphatic rings. The largest absolute Gasteiger partial charge is 0.478 e. The number of hydrogen-bond acceptors (Lipinski definition) is 2. The standard InChI is InChI=1S/C13H15NO3/c1-9(2)7-8-14-12(15)10-3-5-11(6-4-10)13(16)17/h3-7H,8H2,1-2H3,(H,14,15)(H,16,17). The van der Waals surface area contributed by atoms with E-state index in [1.54, 1.807) is 0 Å². The highest BCUT2D eigenvalue weighted by Crippen LogP contribution is 2.04. The molecular weight excluding hydrogens is 218 g/mol. The Labute approximate surface area is 100.0 Å². The van der Waals surface area contributed by atoms with Gasteiger partial charge in [-0.2, -0.15) is 0 Å². The van der Waals surface area contributed by atoms with Gasteiger partial charge in [-0.15, -0.1) is 0 Å². The summed E-state index contributed by atoms with van der Waals surface area (Å²) in [5.74, 6) is -1.21. The van der Waals surface area contributed by atoms with Crippen molar-refractivity contribution in [3.63, 3.8) is 0 Å². The summed E-state index contributed by atoms with van der Waals surface area (Å²) >= 11 is 0. The normalized spacial score (nSPS) is 9.53. The van der Waals surface area contributed by atoms with Gasteiger partial charge in [-0.05, 0) is 38.1 Å². The van der Waals surface area contributed by atoms with Crippen molar-refractivity contribution in [3.05, 3.63) is 47.0 Å². The van der Waals surface area contributed by atoms with E-state index in [1.165, 1.54) is 24.3 Å². The molecule has 0 spiro atoms. The minimum atomic E-state index is -0.999. The quantitative estimate of drug-likeness (QED) is 0.782. The molecule has 0 fully saturated rings. The Morgan fingerprint density at radius 2 is 1.71 bits per heavy atom. The molecule has 0 aliphatic heterocycles. The molecule has 2 N–H and O–H groups in total. The molecule has 0 radical (unpaired) electrons. The number of amides is 1. The average Bonchev–Trinajstić information content (AvgIpc) is 2.28. The van der Waals surface area contributed by atoms with Gasteiger partial charge in [-0.3, -0.25) is 4.79 Å². The zero-order valence-electron chi connectivity index (χ0n) is 9.86. The Bertz CT molecular complexity index is 442. The van der Waals surface area contributed by atoms with E-state index < -0.39 is 5.97 Å². The summed E-state index contributed by atoms with van der Waals surface area (Å²) in [6.07, 6.45) is 1.91. The van der Waals surface area contributed by atoms with Gasteiger partial charge in [0, 0.05) is 12.1 Å². The van der Waals surface area contributed by atoms with Gasteiger partial charge in [-0.1, -0.05) is 11.6 Å². The number of carboxylic acid groups (broad SMARTS) is 1. The lowest BCUT2D eigenvalue weighted by Crippen LogP contribution is -2.23. The third kappa shape index (κ3) is 4.10. The molecule has 17 heavy (non-hydrogen) atoms. The van der Waals surface area contributed by atoms with Gasteiger partial charge < -0.3 is 10.4 Å². The summed E-state index contributed by atoms with van der Waals surface area (Å²) in [4.78, 5) is 22.2. The van der Waals surface area contributed by atoms with Crippen LogP contribution in [-0.4, -0.2) is 23.5 Å². The maximum atomic E-state index is 11.6. The molecule has 1 aromatic carbocycles. The predicted molar refractivity (Wildman–Crippen MR) is 65.2 cm³/mol. The second-order valence-electron chi connectivity index (χ2n) is 3.87. The van der Waals surface area contributed by atoms with Gasteiger partial charge >= 0.3 is 5.97 Å². The summed E-state index contributed by atoms with van der Waals surface area (Å²) < 4.78 is 0. The number of hydrogen-bond donors (Lipinski definition) is 2. The lowest BCUT2D eigenvalue weighted by Gasteiger charge is -2.03. The lowest BCUT2D eigenvalue weighted by molar-refractivity contribution is 0.0696. The third-order valence-electron chi connectivity index (χ3n) is 2.17. The number of benzene rings is 1. The monoisotopic (exact) mass is 233 g/mol. The fraction of sp³-hybridized carbons (Fsp3) is 0.231. The molecule has 0 bridgehead atoms. The summed E-state index contributed by atoms with van der Waals surface area (Å²) in [7, 11) is 0. The first-order chi connectivity index (χ1) is 8.00. The highest BCUT2D eigenvalue weighted by Gasteiger charge is 2.06. The van der Waals surface area contributed by atoms with Gasteiger partial charge in [-0.25, -0.2) is 4.79 Å². The summed E-state index contributed by atoms with van der Waals surface area (Å²) in [6.45, 7) is 4.38. The molecular formula is C13H15NO3. The van der Waals surface area contributed by atoms with Gasteiger partial charge in [0.05, 0.1) is 5.56 Å². The molecule has 0 saturated carbocycles. The van der Waals surface area contributed by atoms with E-state index in [-0.39, 0.29) is 11.5 Å². The van der Waals surface area contributed by atoms with Crippen LogP contribution in [0, 0.1) is 0 Å². The second-order valence-corrected chi connectivity index (χ2v) is 3.87. The average molecular weight is 233 g/mol. The van der Waals surface area contributed by atoms with E-state index in [4.69, 9.17) is 5.11 Å². The number of carbonyl (C=O) groups is 2. The maximum absolute atomic E-state index is 11.6. The molecule has 0 heterocycles. The highest BCUT2D eigenvalue weighted by atomic mass is 16.4. The van der Waals surface area contributed by atoms with Crippen molar-refractivity contribution in [2.75, 3.05) is 6.54 Å². The molecule has 90 valence electrons. The van der Waals surface area contributed by atoms with Crippen molar-refractivity contribution < 1.29 is 14.7 Å². The SMILES string of the molecule is CC(C)=CCNC(=O)c1ccc(C(=O)O)cc1. The zero-order valence-corrected chi connectivity index (χ0v) is 9.86. The molecule has 0 aliphatic carbocycles. The van der Waals surface area contributed by atoms with Crippen LogP contribution in [0.25, 0.3) is 0 Å². The number of carbonyl (C=O) groups excluding carboxylic acids is 1. The van der Waals surface area contributed by atoms with Crippen LogP contribution in [-0.2, 0) is 0 Å². The van der Waals surface area contributed by atoms with E-state index >= 15 is 0 Å². The Balaban J connectivity index is 2.64. The van der Waals surface area contributed by atoms with Crippen LogP contribution in [0.3, 0.4) is 0 Å². The Kier molecular flexibility index (Phi) is 4.46. The smallest absolute Gasteiger partial charge is 0.335 e. The lowest BCUT2D eigenvalue weighted by atomic mass is 10.1. The molecule has 4 nitrogen and oxygen atoms in total. The number of nitrogens with one attached hydrogen (secondary N) is 1. The van der Waals surface area contributed by atoms with Crippen molar-refractivity contribution in [3.8, 4) is 0 Å². The number of allylic oxidation sites excluding steroid dienone is 1. The van der Waals surface area contributed by atoms with Crippen LogP contribution >= 0.6 is 0 Å². The van der Waals surface area contributed by atoms with E-state index in [0.29, 0.717) is 12.1 Å². The molecule has 1 amide bonds. The molecule has 0 atom stereocenters.